The van der Waals surface area contributed by atoms with Gasteiger partial charge in [-0.05, 0) is 92.9 Å². The molecule has 8 atom stereocenters. The number of hydrogen-bond acceptors (Lipinski definition) is 2. The number of rotatable bonds is 1. The SMILES string of the molecule is C/C=C1\CC[C@@]2(C)[C@@H](CC[C@@H]3[C@@H]2CC[C@]2(C)C4=NN(C)[C@H](c5ccccc5)[C@H]4C[C@@H]32)C1. The molecule has 0 N–H and O–H groups in total. The van der Waals surface area contributed by atoms with Crippen LogP contribution in [0.2, 0.25) is 0 Å². The molecule has 4 saturated carbocycles. The fourth-order valence-corrected chi connectivity index (χ4v) is 9.31. The molecule has 0 spiro atoms. The molecule has 166 valence electrons. The molecule has 5 aliphatic rings. The lowest BCUT2D eigenvalue weighted by Crippen LogP contribution is -2.53. The highest BCUT2D eigenvalue weighted by Crippen LogP contribution is 2.68. The average Bonchev–Trinajstić information content (AvgIpc) is 3.26. The summed E-state index contributed by atoms with van der Waals surface area (Å²) in [4.78, 5) is 0. The molecular weight excluding hydrogens is 376 g/mol. The van der Waals surface area contributed by atoms with Gasteiger partial charge in [-0.15, -0.1) is 0 Å². The fourth-order valence-electron chi connectivity index (χ4n) is 9.31. The summed E-state index contributed by atoms with van der Waals surface area (Å²) in [5.74, 6) is 4.25. The number of hydrazone groups is 1. The van der Waals surface area contributed by atoms with Crippen LogP contribution in [-0.4, -0.2) is 17.8 Å². The highest BCUT2D eigenvalue weighted by molar-refractivity contribution is 5.96. The summed E-state index contributed by atoms with van der Waals surface area (Å²) in [5, 5.41) is 7.56. The molecule has 31 heavy (non-hydrogen) atoms. The third-order valence-electron chi connectivity index (χ3n) is 11.0. The predicted molar refractivity (Wildman–Crippen MR) is 129 cm³/mol. The van der Waals surface area contributed by atoms with Crippen molar-refractivity contribution in [2.24, 2.45) is 45.5 Å². The molecule has 0 radical (unpaired) electrons. The molecule has 0 unspecified atom stereocenters. The molecule has 1 aromatic rings. The normalized spacial score (nSPS) is 47.4. The smallest absolute Gasteiger partial charge is 0.0797 e. The van der Waals surface area contributed by atoms with E-state index in [1.165, 1.54) is 56.9 Å². The Morgan fingerprint density at radius 2 is 1.84 bits per heavy atom. The predicted octanol–water partition coefficient (Wildman–Crippen LogP) is 7.24. The van der Waals surface area contributed by atoms with Gasteiger partial charge in [0.2, 0.25) is 0 Å². The van der Waals surface area contributed by atoms with Crippen LogP contribution in [0.1, 0.15) is 83.7 Å². The van der Waals surface area contributed by atoms with Crippen molar-refractivity contribution in [3.05, 3.63) is 47.5 Å². The van der Waals surface area contributed by atoms with E-state index in [-0.39, 0.29) is 0 Å². The van der Waals surface area contributed by atoms with Gasteiger partial charge in [-0.1, -0.05) is 55.8 Å². The number of hydrogen-bond donors (Lipinski definition) is 0. The topological polar surface area (TPSA) is 15.6 Å². The van der Waals surface area contributed by atoms with Gasteiger partial charge in [-0.25, -0.2) is 0 Å². The van der Waals surface area contributed by atoms with E-state index in [2.05, 4.69) is 69.2 Å². The number of nitrogens with zero attached hydrogens (tertiary/aromatic N) is 2. The summed E-state index contributed by atoms with van der Waals surface area (Å²) < 4.78 is 0. The molecule has 2 heteroatoms. The molecule has 6 rings (SSSR count). The quantitative estimate of drug-likeness (QED) is 0.440. The maximum absolute atomic E-state index is 5.26. The van der Waals surface area contributed by atoms with E-state index in [0.29, 0.717) is 22.8 Å². The number of benzene rings is 1. The Balaban J connectivity index is 1.31. The summed E-state index contributed by atoms with van der Waals surface area (Å²) in [5.41, 5.74) is 5.65. The van der Waals surface area contributed by atoms with Gasteiger partial charge in [0, 0.05) is 24.1 Å². The van der Waals surface area contributed by atoms with Crippen molar-refractivity contribution in [2.45, 2.75) is 78.2 Å². The summed E-state index contributed by atoms with van der Waals surface area (Å²) in [7, 11) is 2.21. The molecular formula is C29H40N2. The van der Waals surface area contributed by atoms with Crippen LogP contribution in [0, 0.1) is 40.4 Å². The molecule has 0 aromatic heterocycles. The van der Waals surface area contributed by atoms with Crippen LogP contribution in [0.3, 0.4) is 0 Å². The summed E-state index contributed by atoms with van der Waals surface area (Å²) in [6.45, 7) is 7.55. The van der Waals surface area contributed by atoms with Crippen molar-refractivity contribution < 1.29 is 0 Å². The van der Waals surface area contributed by atoms with Crippen LogP contribution in [0.25, 0.3) is 0 Å². The molecule has 1 aromatic carbocycles. The molecule has 0 amide bonds. The van der Waals surface area contributed by atoms with Gasteiger partial charge in [0.1, 0.15) is 0 Å². The van der Waals surface area contributed by atoms with Crippen LogP contribution in [0.4, 0.5) is 0 Å². The van der Waals surface area contributed by atoms with Crippen molar-refractivity contribution in [1.29, 1.82) is 0 Å². The van der Waals surface area contributed by atoms with Gasteiger partial charge in [-0.3, -0.25) is 5.01 Å². The van der Waals surface area contributed by atoms with Crippen LogP contribution in [0.15, 0.2) is 47.1 Å². The zero-order valence-electron chi connectivity index (χ0n) is 20.0. The first-order valence-electron chi connectivity index (χ1n) is 13.0. The van der Waals surface area contributed by atoms with Gasteiger partial charge in [0.25, 0.3) is 0 Å². The highest BCUT2D eigenvalue weighted by Gasteiger charge is 2.63. The van der Waals surface area contributed by atoms with E-state index in [0.717, 1.165) is 23.7 Å². The lowest BCUT2D eigenvalue weighted by atomic mass is 9.45. The molecule has 2 nitrogen and oxygen atoms in total. The minimum absolute atomic E-state index is 0.329. The number of allylic oxidation sites excluding steroid dienone is 2. The van der Waals surface area contributed by atoms with Gasteiger partial charge in [0.05, 0.1) is 6.04 Å². The zero-order chi connectivity index (χ0) is 21.4. The largest absolute Gasteiger partial charge is 0.292 e. The second-order valence-electron chi connectivity index (χ2n) is 12.0. The summed E-state index contributed by atoms with van der Waals surface area (Å²) >= 11 is 0. The first-order valence-corrected chi connectivity index (χ1v) is 13.0. The van der Waals surface area contributed by atoms with E-state index in [1.807, 2.05) is 0 Å². The van der Waals surface area contributed by atoms with E-state index in [9.17, 15) is 0 Å². The summed E-state index contributed by atoms with van der Waals surface area (Å²) in [6.07, 6.45) is 13.7. The average molecular weight is 417 g/mol. The standard InChI is InChI=1S/C29H40N2/c1-5-19-13-15-28(2)21(17-19)11-12-22-24(28)14-16-29(3)25(22)18-23-26(31(4)30-27(23)29)20-9-7-6-8-10-20/h5-10,21-26H,11-18H2,1-4H3/b19-5+/t21-,22+,23+,24-,25-,26+,28-,29-/m0/s1. The Labute approximate surface area is 189 Å². The van der Waals surface area contributed by atoms with Gasteiger partial charge in [-0.2, -0.15) is 5.10 Å². The first-order chi connectivity index (χ1) is 15.0. The maximum atomic E-state index is 5.26. The van der Waals surface area contributed by atoms with Crippen molar-refractivity contribution in [2.75, 3.05) is 7.05 Å². The second kappa shape index (κ2) is 6.96. The van der Waals surface area contributed by atoms with Crippen LogP contribution >= 0.6 is 0 Å². The van der Waals surface area contributed by atoms with Crippen LogP contribution < -0.4 is 0 Å². The third-order valence-corrected chi connectivity index (χ3v) is 11.0. The Morgan fingerprint density at radius 3 is 2.61 bits per heavy atom. The summed E-state index contributed by atoms with van der Waals surface area (Å²) in [6, 6.07) is 11.6. The molecule has 1 aliphatic heterocycles. The molecule has 1 heterocycles. The Kier molecular flexibility index (Phi) is 4.51. The Hall–Kier alpha value is -1.57. The van der Waals surface area contributed by atoms with Crippen molar-refractivity contribution in [1.82, 2.24) is 5.01 Å². The van der Waals surface area contributed by atoms with Gasteiger partial charge in [0.15, 0.2) is 0 Å². The van der Waals surface area contributed by atoms with E-state index in [4.69, 9.17) is 5.10 Å². The van der Waals surface area contributed by atoms with E-state index in [1.54, 1.807) is 11.3 Å². The molecule has 4 aliphatic carbocycles. The van der Waals surface area contributed by atoms with E-state index < -0.39 is 0 Å². The van der Waals surface area contributed by atoms with Crippen molar-refractivity contribution in [3.8, 4) is 0 Å². The van der Waals surface area contributed by atoms with E-state index >= 15 is 0 Å². The van der Waals surface area contributed by atoms with Gasteiger partial charge >= 0.3 is 0 Å². The van der Waals surface area contributed by atoms with Crippen molar-refractivity contribution >= 4 is 5.71 Å². The zero-order valence-corrected chi connectivity index (χ0v) is 20.0. The monoisotopic (exact) mass is 416 g/mol. The maximum Gasteiger partial charge on any atom is 0.0797 e. The molecule has 4 fully saturated rings. The minimum Gasteiger partial charge on any atom is -0.292 e. The number of fused-ring (bicyclic) bond motifs is 7. The second-order valence-corrected chi connectivity index (χ2v) is 12.0. The van der Waals surface area contributed by atoms with Crippen molar-refractivity contribution in [3.63, 3.8) is 0 Å². The van der Waals surface area contributed by atoms with Crippen LogP contribution in [-0.2, 0) is 0 Å². The lowest BCUT2D eigenvalue weighted by Gasteiger charge is -2.60. The third kappa shape index (κ3) is 2.72. The van der Waals surface area contributed by atoms with Crippen LogP contribution in [0.5, 0.6) is 0 Å². The first kappa shape index (κ1) is 20.1. The molecule has 0 saturated heterocycles. The molecule has 0 bridgehead atoms. The Bertz CT molecular complexity index is 916. The van der Waals surface area contributed by atoms with Gasteiger partial charge < -0.3 is 0 Å². The minimum atomic E-state index is 0.329. The lowest BCUT2D eigenvalue weighted by molar-refractivity contribution is -0.0883. The fraction of sp³-hybridized carbons (Fsp3) is 0.690. The highest BCUT2D eigenvalue weighted by atomic mass is 15.5. The Morgan fingerprint density at radius 1 is 1.03 bits per heavy atom.